The maximum Gasteiger partial charge on any atom is 0.273 e. The van der Waals surface area contributed by atoms with Gasteiger partial charge in [0.1, 0.15) is 10.3 Å². The van der Waals surface area contributed by atoms with Gasteiger partial charge in [0, 0.05) is 6.54 Å². The molecule has 1 aliphatic rings. The van der Waals surface area contributed by atoms with E-state index in [-0.39, 0.29) is 5.91 Å². The number of halogens is 1. The molecule has 0 saturated heterocycles. The molecule has 0 unspecified atom stereocenters. The van der Waals surface area contributed by atoms with Gasteiger partial charge in [-0.3, -0.25) is 4.79 Å². The van der Waals surface area contributed by atoms with Crippen LogP contribution in [0.4, 0.5) is 0 Å². The first-order valence-electron chi connectivity index (χ1n) is 5.56. The summed E-state index contributed by atoms with van der Waals surface area (Å²) in [6.07, 6.45) is 7.69. The number of rotatable bonds is 4. The summed E-state index contributed by atoms with van der Waals surface area (Å²) >= 11 is 3.26. The van der Waals surface area contributed by atoms with E-state index in [0.29, 0.717) is 22.8 Å². The van der Waals surface area contributed by atoms with E-state index in [2.05, 4.69) is 26.8 Å². The molecule has 1 amide bonds. The summed E-state index contributed by atoms with van der Waals surface area (Å²) in [5, 5.41) is 0. The topological polar surface area (TPSA) is 33.2 Å². The van der Waals surface area contributed by atoms with Crippen molar-refractivity contribution in [3.05, 3.63) is 28.5 Å². The van der Waals surface area contributed by atoms with Crippen LogP contribution in [0.3, 0.4) is 0 Å². The summed E-state index contributed by atoms with van der Waals surface area (Å²) in [6.45, 7) is 1.10. The Labute approximate surface area is 109 Å². The van der Waals surface area contributed by atoms with Crippen molar-refractivity contribution < 1.29 is 4.79 Å². The van der Waals surface area contributed by atoms with Gasteiger partial charge in [-0.2, -0.15) is 0 Å². The summed E-state index contributed by atoms with van der Waals surface area (Å²) in [7, 11) is 0. The molecule has 1 aliphatic carbocycles. The lowest BCUT2D eigenvalue weighted by Gasteiger charge is -2.19. The first-order valence-corrected chi connectivity index (χ1v) is 6.35. The van der Waals surface area contributed by atoms with Crippen LogP contribution in [0.2, 0.25) is 0 Å². The fraction of sp³-hybridized carbons (Fsp3) is 0.385. The van der Waals surface area contributed by atoms with Gasteiger partial charge in [0.05, 0.1) is 6.54 Å². The van der Waals surface area contributed by atoms with Crippen molar-refractivity contribution in [2.45, 2.75) is 12.8 Å². The molecule has 17 heavy (non-hydrogen) atoms. The van der Waals surface area contributed by atoms with E-state index >= 15 is 0 Å². The number of hydrogen-bond donors (Lipinski definition) is 0. The van der Waals surface area contributed by atoms with Gasteiger partial charge in [-0.25, -0.2) is 4.98 Å². The molecule has 0 aliphatic heterocycles. The van der Waals surface area contributed by atoms with E-state index in [0.717, 1.165) is 6.54 Å². The molecule has 0 radical (unpaired) electrons. The first kappa shape index (κ1) is 12.1. The number of carbonyl (C=O) groups is 1. The Morgan fingerprint density at radius 2 is 2.35 bits per heavy atom. The number of hydrogen-bond acceptors (Lipinski definition) is 2. The van der Waals surface area contributed by atoms with Crippen molar-refractivity contribution in [2.75, 3.05) is 13.1 Å². The van der Waals surface area contributed by atoms with E-state index in [1.54, 1.807) is 23.1 Å². The van der Waals surface area contributed by atoms with Gasteiger partial charge in [-0.05, 0) is 46.8 Å². The Morgan fingerprint density at radius 1 is 1.59 bits per heavy atom. The molecule has 1 heterocycles. The van der Waals surface area contributed by atoms with Crippen LogP contribution >= 0.6 is 15.9 Å². The second-order valence-electron chi connectivity index (χ2n) is 4.18. The number of pyridine rings is 1. The highest BCUT2D eigenvalue weighted by Gasteiger charge is 2.27. The molecule has 1 aromatic heterocycles. The van der Waals surface area contributed by atoms with Crippen molar-refractivity contribution in [1.82, 2.24) is 9.88 Å². The zero-order valence-electron chi connectivity index (χ0n) is 9.40. The van der Waals surface area contributed by atoms with Crippen molar-refractivity contribution in [3.63, 3.8) is 0 Å². The molecular formula is C13H13BrN2O. The standard InChI is InChI=1S/C13H13BrN2O/c1-2-8-16(9-10-6-7-10)13(17)11-4-3-5-12(14)15-11/h1,3-5,10H,6-9H2. The van der Waals surface area contributed by atoms with Crippen LogP contribution in [0.1, 0.15) is 23.3 Å². The van der Waals surface area contributed by atoms with Crippen molar-refractivity contribution in [2.24, 2.45) is 5.92 Å². The third kappa shape index (κ3) is 3.31. The second kappa shape index (κ2) is 5.33. The van der Waals surface area contributed by atoms with Gasteiger partial charge in [-0.1, -0.05) is 12.0 Å². The van der Waals surface area contributed by atoms with Crippen LogP contribution in [0, 0.1) is 18.3 Å². The lowest BCUT2D eigenvalue weighted by atomic mass is 10.3. The summed E-state index contributed by atoms with van der Waals surface area (Å²) in [4.78, 5) is 18.1. The van der Waals surface area contributed by atoms with Gasteiger partial charge in [0.15, 0.2) is 0 Å². The van der Waals surface area contributed by atoms with Gasteiger partial charge in [-0.15, -0.1) is 6.42 Å². The molecule has 0 N–H and O–H groups in total. The molecule has 0 bridgehead atoms. The second-order valence-corrected chi connectivity index (χ2v) is 4.99. The van der Waals surface area contributed by atoms with E-state index in [4.69, 9.17) is 6.42 Å². The molecule has 0 spiro atoms. The number of aromatic nitrogens is 1. The third-order valence-corrected chi connectivity index (χ3v) is 3.12. The number of amides is 1. The Hall–Kier alpha value is -1.34. The molecule has 88 valence electrons. The first-order chi connectivity index (χ1) is 8.20. The monoisotopic (exact) mass is 292 g/mol. The van der Waals surface area contributed by atoms with Crippen LogP contribution < -0.4 is 0 Å². The minimum Gasteiger partial charge on any atom is -0.326 e. The highest BCUT2D eigenvalue weighted by atomic mass is 79.9. The summed E-state index contributed by atoms with van der Waals surface area (Å²) in [5.41, 5.74) is 0.440. The number of nitrogens with zero attached hydrogens (tertiary/aromatic N) is 2. The SMILES string of the molecule is C#CCN(CC1CC1)C(=O)c1cccc(Br)n1. The summed E-state index contributed by atoms with van der Waals surface area (Å²) < 4.78 is 0.662. The molecular weight excluding hydrogens is 280 g/mol. The van der Waals surface area contributed by atoms with Crippen molar-refractivity contribution >= 4 is 21.8 Å². The van der Waals surface area contributed by atoms with Crippen molar-refractivity contribution in [1.29, 1.82) is 0 Å². The molecule has 1 fully saturated rings. The Kier molecular flexibility index (Phi) is 3.80. The smallest absolute Gasteiger partial charge is 0.273 e. The predicted octanol–water partition coefficient (Wildman–Crippen LogP) is 2.33. The highest BCUT2D eigenvalue weighted by Crippen LogP contribution is 2.30. The van der Waals surface area contributed by atoms with E-state index < -0.39 is 0 Å². The van der Waals surface area contributed by atoms with E-state index in [9.17, 15) is 4.79 Å². The van der Waals surface area contributed by atoms with Crippen LogP contribution in [0.5, 0.6) is 0 Å². The van der Waals surface area contributed by atoms with Crippen LogP contribution in [-0.4, -0.2) is 28.9 Å². The van der Waals surface area contributed by atoms with Crippen LogP contribution in [0.15, 0.2) is 22.8 Å². The highest BCUT2D eigenvalue weighted by molar-refractivity contribution is 9.10. The maximum absolute atomic E-state index is 12.2. The average molecular weight is 293 g/mol. The van der Waals surface area contributed by atoms with Crippen LogP contribution in [0.25, 0.3) is 0 Å². The summed E-state index contributed by atoms with van der Waals surface area (Å²) in [6, 6.07) is 5.31. The minimum atomic E-state index is -0.0869. The van der Waals surface area contributed by atoms with Gasteiger partial charge in [0.2, 0.25) is 0 Å². The number of terminal acetylenes is 1. The minimum absolute atomic E-state index is 0.0869. The Balaban J connectivity index is 2.12. The van der Waals surface area contributed by atoms with Crippen LogP contribution in [-0.2, 0) is 0 Å². The molecule has 0 atom stereocenters. The molecule has 0 aromatic carbocycles. The van der Waals surface area contributed by atoms with E-state index in [1.165, 1.54) is 12.8 Å². The van der Waals surface area contributed by atoms with E-state index in [1.807, 2.05) is 0 Å². The molecule has 4 heteroatoms. The largest absolute Gasteiger partial charge is 0.326 e. The Morgan fingerprint density at radius 3 is 2.94 bits per heavy atom. The average Bonchev–Trinajstić information content (AvgIpc) is 3.11. The maximum atomic E-state index is 12.2. The lowest BCUT2D eigenvalue weighted by molar-refractivity contribution is 0.0763. The predicted molar refractivity (Wildman–Crippen MR) is 69.4 cm³/mol. The van der Waals surface area contributed by atoms with Gasteiger partial charge >= 0.3 is 0 Å². The molecule has 1 saturated carbocycles. The lowest BCUT2D eigenvalue weighted by Crippen LogP contribution is -2.33. The van der Waals surface area contributed by atoms with Gasteiger partial charge < -0.3 is 4.90 Å². The number of carbonyl (C=O) groups excluding carboxylic acids is 1. The van der Waals surface area contributed by atoms with Gasteiger partial charge in [0.25, 0.3) is 5.91 Å². The quantitative estimate of drug-likeness (QED) is 0.630. The fourth-order valence-electron chi connectivity index (χ4n) is 1.63. The Bertz CT molecular complexity index is 463. The zero-order chi connectivity index (χ0) is 12.3. The zero-order valence-corrected chi connectivity index (χ0v) is 11.0. The third-order valence-electron chi connectivity index (χ3n) is 2.68. The molecule has 3 nitrogen and oxygen atoms in total. The van der Waals surface area contributed by atoms with Crippen molar-refractivity contribution in [3.8, 4) is 12.3 Å². The fourth-order valence-corrected chi connectivity index (χ4v) is 1.97. The molecule has 2 rings (SSSR count). The summed E-state index contributed by atoms with van der Waals surface area (Å²) in [5.74, 6) is 3.07. The normalized spacial score (nSPS) is 14.1. The molecule has 1 aromatic rings.